The van der Waals surface area contributed by atoms with Crippen LogP contribution < -0.4 is 11.1 Å². The number of nitrogen functional groups attached to an aromatic ring is 1. The van der Waals surface area contributed by atoms with E-state index in [4.69, 9.17) is 10.5 Å². The average Bonchev–Trinajstić information content (AvgIpc) is 3.22. The van der Waals surface area contributed by atoms with Crippen molar-refractivity contribution >= 4 is 28.3 Å². The summed E-state index contributed by atoms with van der Waals surface area (Å²) in [5, 5.41) is 8.58. The maximum absolute atomic E-state index is 12.5. The van der Waals surface area contributed by atoms with E-state index in [-0.39, 0.29) is 12.0 Å². The van der Waals surface area contributed by atoms with Crippen LogP contribution in [0.1, 0.15) is 44.9 Å². The number of fused-ring (bicyclic) bond motifs is 4. The van der Waals surface area contributed by atoms with Gasteiger partial charge in [0.2, 0.25) is 0 Å². The number of nitrogens with zero attached hydrogens (tertiary/aromatic N) is 4. The lowest BCUT2D eigenvalue weighted by Gasteiger charge is -2.24. The number of hydrogen-bond acceptors (Lipinski definition) is 6. The van der Waals surface area contributed by atoms with Gasteiger partial charge in [0.25, 0.3) is 0 Å². The summed E-state index contributed by atoms with van der Waals surface area (Å²) in [4.78, 5) is 21.3. The first-order valence-corrected chi connectivity index (χ1v) is 10.7. The minimum absolute atomic E-state index is 0.0279. The number of benzene rings is 1. The number of alkyl carbamates (subject to hydrolysis) is 1. The van der Waals surface area contributed by atoms with Gasteiger partial charge in [-0.05, 0) is 38.5 Å². The summed E-state index contributed by atoms with van der Waals surface area (Å²) in [6, 6.07) is 10.0. The van der Waals surface area contributed by atoms with E-state index in [9.17, 15) is 4.79 Å². The van der Waals surface area contributed by atoms with Crippen molar-refractivity contribution in [3.05, 3.63) is 54.1 Å². The largest absolute Gasteiger partial charge is 0.444 e. The molecular weight excluding hydrogens is 404 g/mol. The van der Waals surface area contributed by atoms with Gasteiger partial charge in [-0.25, -0.2) is 14.3 Å². The number of carbonyl (C=O) groups excluding carboxylic acids is 1. The number of nitrogens with two attached hydrogens (primary N) is 1. The van der Waals surface area contributed by atoms with E-state index in [1.807, 2.05) is 55.7 Å². The third-order valence-corrected chi connectivity index (χ3v) is 5.94. The van der Waals surface area contributed by atoms with Gasteiger partial charge in [0, 0.05) is 46.8 Å². The number of ether oxygens (including phenoxy) is 1. The van der Waals surface area contributed by atoms with Crippen molar-refractivity contribution in [1.29, 1.82) is 0 Å². The molecule has 2 atom stereocenters. The molecule has 1 amide bonds. The molecule has 0 unspecified atom stereocenters. The van der Waals surface area contributed by atoms with Crippen LogP contribution in [-0.2, 0) is 11.2 Å². The van der Waals surface area contributed by atoms with Crippen molar-refractivity contribution in [3.8, 4) is 11.1 Å². The van der Waals surface area contributed by atoms with Gasteiger partial charge < -0.3 is 15.8 Å². The second-order valence-electron chi connectivity index (χ2n) is 9.30. The van der Waals surface area contributed by atoms with Gasteiger partial charge in [0.15, 0.2) is 5.82 Å². The fraction of sp³-hybridized carbons (Fsp3) is 0.333. The SMILES string of the molecule is C[C@@H]1c2c(-c3cnc4ccccc4c3)c3c(N)ncnn3c2C[C@H]1NC(=O)OC(C)(C)C. The standard InChI is InChI=1S/C24H26N6O2/c1-13-17(29-23(31)32-24(2,3)4)10-18-19(13)20(21-22(25)27-12-28-30(18)21)15-9-14-7-5-6-8-16(14)26-11-15/h5-9,11-13,17H,10H2,1-4H3,(H,29,31)(H2,25,27,28)/t13-,17+/m0/s1. The third kappa shape index (κ3) is 3.32. The van der Waals surface area contributed by atoms with E-state index < -0.39 is 11.7 Å². The van der Waals surface area contributed by atoms with E-state index in [1.54, 1.807) is 0 Å². The van der Waals surface area contributed by atoms with Crippen molar-refractivity contribution in [2.24, 2.45) is 0 Å². The monoisotopic (exact) mass is 430 g/mol. The van der Waals surface area contributed by atoms with Crippen LogP contribution in [0.2, 0.25) is 0 Å². The second-order valence-corrected chi connectivity index (χ2v) is 9.30. The summed E-state index contributed by atoms with van der Waals surface area (Å²) in [5.74, 6) is 0.446. The number of rotatable bonds is 2. The Bertz CT molecular complexity index is 1350. The highest BCUT2D eigenvalue weighted by atomic mass is 16.6. The number of carbonyl (C=O) groups is 1. The van der Waals surface area contributed by atoms with Gasteiger partial charge in [-0.3, -0.25) is 4.98 Å². The van der Waals surface area contributed by atoms with Crippen LogP contribution >= 0.6 is 0 Å². The molecule has 0 saturated carbocycles. The van der Waals surface area contributed by atoms with Crippen molar-refractivity contribution in [3.63, 3.8) is 0 Å². The van der Waals surface area contributed by atoms with E-state index >= 15 is 0 Å². The molecule has 0 radical (unpaired) electrons. The fourth-order valence-electron chi connectivity index (χ4n) is 4.60. The molecule has 3 heterocycles. The highest BCUT2D eigenvalue weighted by molar-refractivity contribution is 5.95. The van der Waals surface area contributed by atoms with Gasteiger partial charge in [-0.2, -0.15) is 5.10 Å². The number of anilines is 1. The molecule has 1 aliphatic carbocycles. The first kappa shape index (κ1) is 20.2. The van der Waals surface area contributed by atoms with Crippen molar-refractivity contribution < 1.29 is 9.53 Å². The molecule has 8 heteroatoms. The Balaban J connectivity index is 1.63. The van der Waals surface area contributed by atoms with Gasteiger partial charge in [-0.1, -0.05) is 25.1 Å². The Hall–Kier alpha value is -3.68. The Kier molecular flexibility index (Phi) is 4.54. The molecule has 4 aromatic rings. The first-order chi connectivity index (χ1) is 15.2. The molecule has 0 aliphatic heterocycles. The molecular formula is C24H26N6O2. The fourth-order valence-corrected chi connectivity index (χ4v) is 4.60. The summed E-state index contributed by atoms with van der Waals surface area (Å²) in [6.07, 6.45) is 3.53. The highest BCUT2D eigenvalue weighted by Crippen LogP contribution is 2.45. The quantitative estimate of drug-likeness (QED) is 0.496. The van der Waals surface area contributed by atoms with Crippen LogP contribution in [-0.4, -0.2) is 37.3 Å². The van der Waals surface area contributed by atoms with Gasteiger partial charge >= 0.3 is 6.09 Å². The molecule has 0 bridgehead atoms. The molecule has 5 rings (SSSR count). The van der Waals surface area contributed by atoms with Crippen molar-refractivity contribution in [2.45, 2.75) is 51.7 Å². The van der Waals surface area contributed by atoms with Crippen LogP contribution in [0, 0.1) is 0 Å². The Morgan fingerprint density at radius 1 is 1.25 bits per heavy atom. The zero-order valence-corrected chi connectivity index (χ0v) is 18.6. The molecule has 3 N–H and O–H groups in total. The molecule has 1 aliphatic rings. The number of nitrogens with one attached hydrogen (secondary N) is 1. The molecule has 164 valence electrons. The van der Waals surface area contributed by atoms with Crippen LogP contribution in [0.15, 0.2) is 42.9 Å². The number of pyridine rings is 1. The number of aromatic nitrogens is 4. The normalized spacial score (nSPS) is 18.1. The zero-order chi connectivity index (χ0) is 22.6. The maximum atomic E-state index is 12.5. The predicted molar refractivity (Wildman–Crippen MR) is 123 cm³/mol. The molecule has 0 fully saturated rings. The smallest absolute Gasteiger partial charge is 0.407 e. The Morgan fingerprint density at radius 2 is 2.03 bits per heavy atom. The summed E-state index contributed by atoms with van der Waals surface area (Å²) in [6.45, 7) is 7.67. The Morgan fingerprint density at radius 3 is 2.81 bits per heavy atom. The van der Waals surface area contributed by atoms with Crippen LogP contribution in [0.5, 0.6) is 0 Å². The van der Waals surface area contributed by atoms with E-state index in [0.717, 1.165) is 38.8 Å². The molecule has 3 aromatic heterocycles. The molecule has 0 saturated heterocycles. The van der Waals surface area contributed by atoms with Crippen LogP contribution in [0.4, 0.5) is 10.6 Å². The topological polar surface area (TPSA) is 107 Å². The van der Waals surface area contributed by atoms with Gasteiger partial charge in [0.1, 0.15) is 17.4 Å². The van der Waals surface area contributed by atoms with Crippen LogP contribution in [0.25, 0.3) is 27.5 Å². The summed E-state index contributed by atoms with van der Waals surface area (Å²) < 4.78 is 7.34. The summed E-state index contributed by atoms with van der Waals surface area (Å²) >= 11 is 0. The lowest BCUT2D eigenvalue weighted by Crippen LogP contribution is -2.40. The lowest BCUT2D eigenvalue weighted by molar-refractivity contribution is 0.0500. The summed E-state index contributed by atoms with van der Waals surface area (Å²) in [5.41, 5.74) is 11.5. The Labute approximate surface area is 185 Å². The maximum Gasteiger partial charge on any atom is 0.407 e. The molecule has 0 spiro atoms. The summed E-state index contributed by atoms with van der Waals surface area (Å²) in [7, 11) is 0. The molecule has 32 heavy (non-hydrogen) atoms. The molecule has 1 aromatic carbocycles. The average molecular weight is 431 g/mol. The zero-order valence-electron chi connectivity index (χ0n) is 18.6. The van der Waals surface area contributed by atoms with Crippen molar-refractivity contribution in [1.82, 2.24) is 24.9 Å². The van der Waals surface area contributed by atoms with Gasteiger partial charge in [0.05, 0.1) is 5.52 Å². The minimum Gasteiger partial charge on any atom is -0.444 e. The number of amides is 1. The second kappa shape index (κ2) is 7.19. The van der Waals surface area contributed by atoms with Gasteiger partial charge in [-0.15, -0.1) is 0 Å². The van der Waals surface area contributed by atoms with E-state index in [2.05, 4.69) is 33.4 Å². The van der Waals surface area contributed by atoms with E-state index in [1.165, 1.54) is 6.33 Å². The van der Waals surface area contributed by atoms with E-state index in [0.29, 0.717) is 12.2 Å². The first-order valence-electron chi connectivity index (χ1n) is 10.7. The number of para-hydroxylation sites is 1. The minimum atomic E-state index is -0.556. The van der Waals surface area contributed by atoms with Crippen molar-refractivity contribution in [2.75, 3.05) is 5.73 Å². The highest BCUT2D eigenvalue weighted by Gasteiger charge is 2.38. The molecule has 8 nitrogen and oxygen atoms in total. The van der Waals surface area contributed by atoms with Crippen LogP contribution in [0.3, 0.4) is 0 Å². The predicted octanol–water partition coefficient (Wildman–Crippen LogP) is 4.08. The third-order valence-electron chi connectivity index (χ3n) is 5.94. The lowest BCUT2D eigenvalue weighted by atomic mass is 9.94. The number of hydrogen-bond donors (Lipinski definition) is 2.